The van der Waals surface area contributed by atoms with E-state index in [0.29, 0.717) is 11.8 Å². The lowest BCUT2D eigenvalue weighted by molar-refractivity contribution is 0.00535. The molecule has 0 spiro atoms. The number of aliphatic hydroxyl groups is 3. The van der Waals surface area contributed by atoms with Crippen LogP contribution < -0.4 is 0 Å². The van der Waals surface area contributed by atoms with Crippen molar-refractivity contribution in [2.45, 2.75) is 84.2 Å². The fourth-order valence-electron chi connectivity index (χ4n) is 3.71. The van der Waals surface area contributed by atoms with Gasteiger partial charge in [-0.3, -0.25) is 0 Å². The average Bonchev–Trinajstić information content (AvgIpc) is 2.49. The van der Waals surface area contributed by atoms with Gasteiger partial charge in [-0.2, -0.15) is 0 Å². The first kappa shape index (κ1) is 20.7. The lowest BCUT2D eigenvalue weighted by Crippen LogP contribution is -2.31. The van der Waals surface area contributed by atoms with Gasteiger partial charge in [-0.15, -0.1) is 0 Å². The molecule has 0 aromatic heterocycles. The Bertz CT molecular complexity index is 343. The third-order valence-corrected chi connectivity index (χ3v) is 5.62. The van der Waals surface area contributed by atoms with Gasteiger partial charge < -0.3 is 15.3 Å². The topological polar surface area (TPSA) is 60.7 Å². The largest absolute Gasteiger partial charge is 0.396 e. The second-order valence-electron chi connectivity index (χ2n) is 8.12. The zero-order valence-electron chi connectivity index (χ0n) is 15.4. The molecule has 23 heavy (non-hydrogen) atoms. The van der Waals surface area contributed by atoms with Crippen LogP contribution in [-0.4, -0.2) is 34.1 Å². The van der Waals surface area contributed by atoms with E-state index in [1.165, 1.54) is 5.57 Å². The molecule has 1 aliphatic rings. The van der Waals surface area contributed by atoms with E-state index in [1.54, 1.807) is 0 Å². The second kappa shape index (κ2) is 10.5. The normalized spacial score (nSPS) is 31.9. The fourth-order valence-corrected chi connectivity index (χ4v) is 3.71. The predicted molar refractivity (Wildman–Crippen MR) is 96.2 cm³/mol. The maximum absolute atomic E-state index is 10.4. The molecule has 0 radical (unpaired) electrons. The molecule has 0 amide bonds. The van der Waals surface area contributed by atoms with Crippen molar-refractivity contribution in [3.63, 3.8) is 0 Å². The van der Waals surface area contributed by atoms with Crippen molar-refractivity contribution in [2.75, 3.05) is 13.2 Å². The van der Waals surface area contributed by atoms with Crippen LogP contribution in [0.25, 0.3) is 0 Å². The molecule has 1 rings (SSSR count). The Kier molecular flexibility index (Phi) is 9.41. The van der Waals surface area contributed by atoms with Gasteiger partial charge in [-0.25, -0.2) is 0 Å². The van der Waals surface area contributed by atoms with Crippen LogP contribution in [0.2, 0.25) is 0 Å². The maximum atomic E-state index is 10.4. The summed E-state index contributed by atoms with van der Waals surface area (Å²) in [5, 5.41) is 29.6. The molecule has 0 saturated carbocycles. The molecule has 1 aliphatic carbocycles. The van der Waals surface area contributed by atoms with Crippen molar-refractivity contribution in [1.82, 2.24) is 0 Å². The van der Waals surface area contributed by atoms with Crippen LogP contribution in [0.5, 0.6) is 0 Å². The molecule has 136 valence electrons. The molecule has 3 heteroatoms. The molecule has 3 N–H and O–H groups in total. The van der Waals surface area contributed by atoms with E-state index < -0.39 is 5.60 Å². The van der Waals surface area contributed by atoms with Crippen molar-refractivity contribution in [3.05, 3.63) is 11.6 Å². The van der Waals surface area contributed by atoms with Gasteiger partial charge in [-0.1, -0.05) is 18.1 Å². The Morgan fingerprint density at radius 2 is 1.57 bits per heavy atom. The molecule has 0 aromatic carbocycles. The van der Waals surface area contributed by atoms with E-state index >= 15 is 0 Å². The highest BCUT2D eigenvalue weighted by Gasteiger charge is 2.27. The molecule has 3 atom stereocenters. The highest BCUT2D eigenvalue weighted by atomic mass is 16.3. The predicted octanol–water partition coefficient (Wildman–Crippen LogP) is 4.06. The van der Waals surface area contributed by atoms with E-state index in [1.807, 2.05) is 13.8 Å². The Morgan fingerprint density at radius 3 is 2.13 bits per heavy atom. The van der Waals surface area contributed by atoms with Gasteiger partial charge >= 0.3 is 0 Å². The average molecular weight is 327 g/mol. The molecule has 2 unspecified atom stereocenters. The highest BCUT2D eigenvalue weighted by molar-refractivity contribution is 4.99. The van der Waals surface area contributed by atoms with Crippen molar-refractivity contribution in [1.29, 1.82) is 0 Å². The van der Waals surface area contributed by atoms with Gasteiger partial charge in [0.2, 0.25) is 0 Å². The summed E-state index contributed by atoms with van der Waals surface area (Å²) in [7, 11) is 0. The minimum Gasteiger partial charge on any atom is -0.396 e. The van der Waals surface area contributed by atoms with Gasteiger partial charge in [0.25, 0.3) is 0 Å². The van der Waals surface area contributed by atoms with E-state index in [2.05, 4.69) is 13.0 Å². The van der Waals surface area contributed by atoms with Gasteiger partial charge in [0.1, 0.15) is 0 Å². The Hall–Kier alpha value is -0.380. The molecule has 0 bridgehead atoms. The number of allylic oxidation sites excluding steroid dienone is 2. The molecule has 0 aromatic rings. The quantitative estimate of drug-likeness (QED) is 0.685. The summed E-state index contributed by atoms with van der Waals surface area (Å²) >= 11 is 0. The van der Waals surface area contributed by atoms with Gasteiger partial charge in [0.05, 0.1) is 5.60 Å². The highest BCUT2D eigenvalue weighted by Crippen LogP contribution is 2.31. The van der Waals surface area contributed by atoms with Crippen LogP contribution in [-0.2, 0) is 0 Å². The fraction of sp³-hybridized carbons (Fsp3) is 0.900. The number of hydrogen-bond donors (Lipinski definition) is 3. The summed E-state index contributed by atoms with van der Waals surface area (Å²) in [5.41, 5.74) is 0.742. The molecule has 0 heterocycles. The third kappa shape index (κ3) is 8.32. The van der Waals surface area contributed by atoms with Gasteiger partial charge in [-0.05, 0) is 89.9 Å². The van der Waals surface area contributed by atoms with Gasteiger partial charge in [0, 0.05) is 13.2 Å². The Labute approximate surface area is 142 Å². The number of rotatable bonds is 3. The minimum absolute atomic E-state index is 0.237. The van der Waals surface area contributed by atoms with Crippen LogP contribution in [0, 0.1) is 17.8 Å². The summed E-state index contributed by atoms with van der Waals surface area (Å²) in [6.45, 7) is 6.52. The van der Waals surface area contributed by atoms with E-state index in [-0.39, 0.29) is 19.1 Å². The van der Waals surface area contributed by atoms with Crippen LogP contribution in [0.15, 0.2) is 11.6 Å². The molecule has 3 nitrogen and oxygen atoms in total. The van der Waals surface area contributed by atoms with E-state index in [0.717, 1.165) is 57.8 Å². The monoisotopic (exact) mass is 326 g/mol. The number of hydrogen-bond acceptors (Lipinski definition) is 3. The maximum Gasteiger partial charge on any atom is 0.0619 e. The smallest absolute Gasteiger partial charge is 0.0619 e. The van der Waals surface area contributed by atoms with Crippen molar-refractivity contribution < 1.29 is 15.3 Å². The summed E-state index contributed by atoms with van der Waals surface area (Å²) < 4.78 is 0. The van der Waals surface area contributed by atoms with Crippen molar-refractivity contribution >= 4 is 0 Å². The number of aliphatic hydroxyl groups excluding tert-OH is 2. The summed E-state index contributed by atoms with van der Waals surface area (Å²) in [6.07, 6.45) is 11.5. The lowest BCUT2D eigenvalue weighted by atomic mass is 9.80. The Morgan fingerprint density at radius 1 is 0.957 bits per heavy atom. The second-order valence-corrected chi connectivity index (χ2v) is 8.12. The lowest BCUT2D eigenvalue weighted by Gasteiger charge is -2.31. The molecule has 0 aliphatic heterocycles. The molecule has 0 saturated heterocycles. The van der Waals surface area contributed by atoms with Gasteiger partial charge in [0.15, 0.2) is 0 Å². The SMILES string of the molecule is C/C1=C/CCC(CO)CCCC(CO)CC[C@H](C(C)(C)O)CC1. The molecular weight excluding hydrogens is 288 g/mol. The Balaban J connectivity index is 2.74. The van der Waals surface area contributed by atoms with Crippen LogP contribution >= 0.6 is 0 Å². The summed E-state index contributed by atoms with van der Waals surface area (Å²) in [6, 6.07) is 0. The van der Waals surface area contributed by atoms with Crippen molar-refractivity contribution in [3.8, 4) is 0 Å². The molecular formula is C20H38O3. The zero-order valence-corrected chi connectivity index (χ0v) is 15.4. The van der Waals surface area contributed by atoms with Crippen molar-refractivity contribution in [2.24, 2.45) is 17.8 Å². The first-order valence-electron chi connectivity index (χ1n) is 9.46. The zero-order chi connectivity index (χ0) is 17.3. The molecule has 0 fully saturated rings. The van der Waals surface area contributed by atoms with Crippen LogP contribution in [0.3, 0.4) is 0 Å². The summed E-state index contributed by atoms with van der Waals surface area (Å²) in [4.78, 5) is 0. The third-order valence-electron chi connectivity index (χ3n) is 5.62. The summed E-state index contributed by atoms with van der Waals surface area (Å²) in [5.74, 6) is 1.01. The first-order chi connectivity index (χ1) is 10.9. The van der Waals surface area contributed by atoms with E-state index in [4.69, 9.17) is 0 Å². The standard InChI is InChI=1S/C20H38O3/c1-16-6-4-7-17(14-21)8-5-9-18(15-22)11-13-19(12-10-16)20(2,3)23/h6,17-19,21-23H,4-5,7-15H2,1-3H3/b16-6-/t17?,18?,19-/m1/s1. The van der Waals surface area contributed by atoms with Crippen LogP contribution in [0.4, 0.5) is 0 Å². The minimum atomic E-state index is -0.653. The van der Waals surface area contributed by atoms with E-state index in [9.17, 15) is 15.3 Å². The first-order valence-corrected chi connectivity index (χ1v) is 9.46. The van der Waals surface area contributed by atoms with Crippen LogP contribution in [0.1, 0.15) is 78.6 Å².